The van der Waals surface area contributed by atoms with Crippen LogP contribution in [0.1, 0.15) is 31.4 Å². The number of hydrogen-bond donors (Lipinski definition) is 3. The van der Waals surface area contributed by atoms with Gasteiger partial charge in [0.2, 0.25) is 5.95 Å². The number of nitrogens with zero attached hydrogens (tertiary/aromatic N) is 3. The quantitative estimate of drug-likeness (QED) is 0.744. The van der Waals surface area contributed by atoms with Crippen molar-refractivity contribution in [2.75, 3.05) is 5.32 Å². The van der Waals surface area contributed by atoms with Gasteiger partial charge < -0.3 is 20.3 Å². The van der Waals surface area contributed by atoms with Crippen molar-refractivity contribution in [2.45, 2.75) is 51.1 Å². The maximum Gasteiger partial charge on any atom is 0.573 e. The average Bonchev–Trinajstić information content (AvgIpc) is 2.57. The highest BCUT2D eigenvalue weighted by atomic mass is 19.4. The van der Waals surface area contributed by atoms with Crippen molar-refractivity contribution in [3.63, 3.8) is 0 Å². The van der Waals surface area contributed by atoms with Crippen LogP contribution in [-0.2, 0) is 0 Å². The number of alkyl halides is 3. The van der Waals surface area contributed by atoms with Crippen LogP contribution in [-0.4, -0.2) is 43.9 Å². The third kappa shape index (κ3) is 4.76. The third-order valence-corrected chi connectivity index (χ3v) is 4.36. The summed E-state index contributed by atoms with van der Waals surface area (Å²) in [6, 6.07) is 3.04. The van der Waals surface area contributed by atoms with Crippen molar-refractivity contribution in [3.8, 4) is 22.8 Å². The van der Waals surface area contributed by atoms with E-state index < -0.39 is 24.0 Å². The predicted octanol–water partition coefficient (Wildman–Crippen LogP) is 3.17. The molecule has 1 saturated carbocycles. The number of aromatic hydroxyl groups is 1. The van der Waals surface area contributed by atoms with Crippen molar-refractivity contribution in [1.82, 2.24) is 15.2 Å². The van der Waals surface area contributed by atoms with Crippen LogP contribution >= 0.6 is 0 Å². The molecule has 1 aliphatic rings. The van der Waals surface area contributed by atoms with Gasteiger partial charge >= 0.3 is 6.36 Å². The maximum atomic E-state index is 12.3. The second-order valence-corrected chi connectivity index (χ2v) is 6.40. The molecule has 27 heavy (non-hydrogen) atoms. The fourth-order valence-corrected chi connectivity index (χ4v) is 3.07. The first-order valence-electron chi connectivity index (χ1n) is 8.48. The smallest absolute Gasteiger partial charge is 0.507 e. The van der Waals surface area contributed by atoms with Crippen LogP contribution < -0.4 is 10.1 Å². The number of aryl methyl sites for hydroxylation is 1. The van der Waals surface area contributed by atoms with E-state index in [2.05, 4.69) is 25.2 Å². The van der Waals surface area contributed by atoms with E-state index in [1.807, 2.05) is 0 Å². The van der Waals surface area contributed by atoms with Gasteiger partial charge in [0.25, 0.3) is 0 Å². The summed E-state index contributed by atoms with van der Waals surface area (Å²) < 4.78 is 40.6. The summed E-state index contributed by atoms with van der Waals surface area (Å²) in [5, 5.41) is 31.1. The van der Waals surface area contributed by atoms with Crippen LogP contribution in [0, 0.1) is 6.92 Å². The third-order valence-electron chi connectivity index (χ3n) is 4.36. The Morgan fingerprint density at radius 2 is 1.93 bits per heavy atom. The SMILES string of the molecule is Cc1nc(N[C@@H]2CCCC[C@H]2O)nnc1-c1ccc(OC(F)(F)F)cc1O. The van der Waals surface area contributed by atoms with E-state index >= 15 is 0 Å². The molecule has 0 radical (unpaired) electrons. The zero-order chi connectivity index (χ0) is 19.6. The molecule has 0 spiro atoms. The molecular weight excluding hydrogens is 365 g/mol. The van der Waals surface area contributed by atoms with Crippen molar-refractivity contribution < 1.29 is 28.1 Å². The van der Waals surface area contributed by atoms with Gasteiger partial charge in [-0.05, 0) is 31.9 Å². The number of nitrogens with one attached hydrogen (secondary N) is 1. The number of halogens is 3. The summed E-state index contributed by atoms with van der Waals surface area (Å²) in [5.74, 6) is -0.718. The number of aliphatic hydroxyl groups is 1. The normalized spacial score (nSPS) is 20.3. The molecule has 7 nitrogen and oxygen atoms in total. The number of rotatable bonds is 4. The Hall–Kier alpha value is -2.62. The Labute approximate surface area is 153 Å². The highest BCUT2D eigenvalue weighted by Gasteiger charge is 2.31. The van der Waals surface area contributed by atoms with Gasteiger partial charge in [0.05, 0.1) is 17.8 Å². The Morgan fingerprint density at radius 3 is 2.56 bits per heavy atom. The summed E-state index contributed by atoms with van der Waals surface area (Å²) in [5.41, 5.74) is 0.852. The minimum absolute atomic E-state index is 0.155. The first-order chi connectivity index (χ1) is 12.7. The van der Waals surface area contributed by atoms with Crippen LogP contribution in [0.4, 0.5) is 19.1 Å². The Kier molecular flexibility index (Phi) is 5.36. The minimum atomic E-state index is -4.85. The molecule has 0 amide bonds. The molecule has 2 aromatic rings. The molecule has 3 N–H and O–H groups in total. The molecule has 1 heterocycles. The lowest BCUT2D eigenvalue weighted by atomic mass is 9.93. The highest BCUT2D eigenvalue weighted by Crippen LogP contribution is 2.34. The van der Waals surface area contributed by atoms with Crippen LogP contribution in [0.3, 0.4) is 0 Å². The summed E-state index contributed by atoms with van der Waals surface area (Å²) in [4.78, 5) is 4.28. The lowest BCUT2D eigenvalue weighted by molar-refractivity contribution is -0.274. The summed E-state index contributed by atoms with van der Waals surface area (Å²) >= 11 is 0. The molecule has 146 valence electrons. The van der Waals surface area contributed by atoms with E-state index in [1.54, 1.807) is 6.92 Å². The molecule has 2 atom stereocenters. The number of phenols is 1. The molecule has 10 heteroatoms. The molecule has 0 aliphatic heterocycles. The number of phenolic OH excluding ortho intramolecular Hbond substituents is 1. The lowest BCUT2D eigenvalue weighted by Crippen LogP contribution is -2.37. The molecule has 0 unspecified atom stereocenters. The molecule has 0 saturated heterocycles. The van der Waals surface area contributed by atoms with E-state index in [0.717, 1.165) is 31.4 Å². The van der Waals surface area contributed by atoms with Crippen molar-refractivity contribution >= 4 is 5.95 Å². The number of hydrogen-bond acceptors (Lipinski definition) is 7. The second kappa shape index (κ2) is 7.55. The topological polar surface area (TPSA) is 100 Å². The number of aliphatic hydroxyl groups excluding tert-OH is 1. The van der Waals surface area contributed by atoms with Gasteiger partial charge in [-0.3, -0.25) is 0 Å². The zero-order valence-corrected chi connectivity index (χ0v) is 14.5. The summed E-state index contributed by atoms with van der Waals surface area (Å²) in [7, 11) is 0. The van der Waals surface area contributed by atoms with Crippen molar-refractivity contribution in [2.24, 2.45) is 0 Å². The number of anilines is 1. The van der Waals surface area contributed by atoms with Crippen molar-refractivity contribution in [1.29, 1.82) is 0 Å². The fraction of sp³-hybridized carbons (Fsp3) is 0.471. The molecular formula is C17H19F3N4O3. The zero-order valence-electron chi connectivity index (χ0n) is 14.5. The standard InChI is InChI=1S/C17H19F3N4O3/c1-9-15(11-7-6-10(8-14(11)26)27-17(18,19)20)23-24-16(21-9)22-12-4-2-3-5-13(12)25/h6-8,12-13,25-26H,2-5H2,1H3,(H,21,22,24)/t12-,13-/m1/s1. The number of benzene rings is 1. The van der Waals surface area contributed by atoms with E-state index in [4.69, 9.17) is 0 Å². The Bertz CT molecular complexity index is 816. The first-order valence-corrected chi connectivity index (χ1v) is 8.48. The van der Waals surface area contributed by atoms with E-state index in [9.17, 15) is 23.4 Å². The van der Waals surface area contributed by atoms with Gasteiger partial charge in [-0.2, -0.15) is 0 Å². The molecule has 3 rings (SSSR count). The van der Waals surface area contributed by atoms with E-state index in [0.29, 0.717) is 12.1 Å². The van der Waals surface area contributed by atoms with Crippen molar-refractivity contribution in [3.05, 3.63) is 23.9 Å². The van der Waals surface area contributed by atoms with Gasteiger partial charge in [0.1, 0.15) is 17.2 Å². The van der Waals surface area contributed by atoms with Crippen LogP contribution in [0.2, 0.25) is 0 Å². The molecule has 1 aromatic carbocycles. The van der Waals surface area contributed by atoms with E-state index in [1.165, 1.54) is 6.07 Å². The van der Waals surface area contributed by atoms with Gasteiger partial charge in [0.15, 0.2) is 0 Å². The minimum Gasteiger partial charge on any atom is -0.507 e. The van der Waals surface area contributed by atoms with Crippen LogP contribution in [0.5, 0.6) is 11.5 Å². The van der Waals surface area contributed by atoms with Gasteiger partial charge in [-0.1, -0.05) is 12.8 Å². The highest BCUT2D eigenvalue weighted by molar-refractivity contribution is 5.69. The number of ether oxygens (including phenoxy) is 1. The Morgan fingerprint density at radius 1 is 1.19 bits per heavy atom. The molecule has 0 bridgehead atoms. The molecule has 1 aliphatic carbocycles. The van der Waals surface area contributed by atoms with Crippen LogP contribution in [0.15, 0.2) is 18.2 Å². The number of aromatic nitrogens is 3. The van der Waals surface area contributed by atoms with Gasteiger partial charge in [0, 0.05) is 11.6 Å². The monoisotopic (exact) mass is 384 g/mol. The Balaban J connectivity index is 1.79. The fourth-order valence-electron chi connectivity index (χ4n) is 3.07. The molecule has 1 fully saturated rings. The maximum absolute atomic E-state index is 12.3. The average molecular weight is 384 g/mol. The largest absolute Gasteiger partial charge is 0.573 e. The summed E-state index contributed by atoms with van der Waals surface area (Å²) in [6.07, 6.45) is -1.84. The van der Waals surface area contributed by atoms with E-state index in [-0.39, 0.29) is 23.2 Å². The van der Waals surface area contributed by atoms with Crippen LogP contribution in [0.25, 0.3) is 11.3 Å². The molecule has 1 aromatic heterocycles. The predicted molar refractivity (Wildman–Crippen MR) is 90.2 cm³/mol. The lowest BCUT2D eigenvalue weighted by Gasteiger charge is -2.28. The second-order valence-electron chi connectivity index (χ2n) is 6.40. The first kappa shape index (κ1) is 19.2. The summed E-state index contributed by atoms with van der Waals surface area (Å²) in [6.45, 7) is 1.64. The van der Waals surface area contributed by atoms with Gasteiger partial charge in [-0.25, -0.2) is 4.98 Å². The van der Waals surface area contributed by atoms with Gasteiger partial charge in [-0.15, -0.1) is 23.4 Å².